The summed E-state index contributed by atoms with van der Waals surface area (Å²) in [5.41, 5.74) is 7.35. The Bertz CT molecular complexity index is 542. The maximum absolute atomic E-state index is 5.84. The van der Waals surface area contributed by atoms with Crippen LogP contribution in [0.3, 0.4) is 0 Å². The minimum atomic E-state index is 0.210. The molecule has 0 saturated carbocycles. The van der Waals surface area contributed by atoms with Gasteiger partial charge in [0.15, 0.2) is 5.75 Å². The van der Waals surface area contributed by atoms with Crippen LogP contribution in [0.4, 0.5) is 11.4 Å². The molecule has 18 heavy (non-hydrogen) atoms. The zero-order chi connectivity index (χ0) is 13.1. The van der Waals surface area contributed by atoms with Crippen molar-refractivity contribution in [3.63, 3.8) is 0 Å². The van der Waals surface area contributed by atoms with Gasteiger partial charge in [0, 0.05) is 25.8 Å². The summed E-state index contributed by atoms with van der Waals surface area (Å²) in [5.74, 6) is 0.517. The van der Waals surface area contributed by atoms with Gasteiger partial charge in [0.2, 0.25) is 0 Å². The monoisotopic (exact) mass is 264 g/mol. The van der Waals surface area contributed by atoms with Crippen LogP contribution in [0.15, 0.2) is 30.6 Å². The normalized spacial score (nSPS) is 10.2. The first kappa shape index (κ1) is 12.4. The molecule has 0 amide bonds. The van der Waals surface area contributed by atoms with Crippen LogP contribution in [0.25, 0.3) is 0 Å². The van der Waals surface area contributed by atoms with Crippen molar-refractivity contribution in [2.24, 2.45) is 0 Å². The molecule has 2 N–H and O–H groups in total. The van der Waals surface area contributed by atoms with Crippen LogP contribution in [0.2, 0.25) is 5.02 Å². The minimum Gasteiger partial charge on any atom is -0.422 e. The Kier molecular flexibility index (Phi) is 3.53. The van der Waals surface area contributed by atoms with Crippen molar-refractivity contribution < 1.29 is 4.74 Å². The summed E-state index contributed by atoms with van der Waals surface area (Å²) >= 11 is 5.70. The van der Waals surface area contributed by atoms with Gasteiger partial charge in [-0.1, -0.05) is 11.6 Å². The number of benzene rings is 1. The van der Waals surface area contributed by atoms with Gasteiger partial charge in [0.25, 0.3) is 0 Å². The number of aromatic nitrogens is 2. The van der Waals surface area contributed by atoms with E-state index in [1.54, 1.807) is 6.07 Å². The third kappa shape index (κ3) is 2.81. The van der Waals surface area contributed by atoms with Crippen molar-refractivity contribution in [2.75, 3.05) is 24.7 Å². The molecule has 5 nitrogen and oxygen atoms in total. The van der Waals surface area contributed by atoms with E-state index in [9.17, 15) is 0 Å². The Morgan fingerprint density at radius 1 is 1.22 bits per heavy atom. The standard InChI is InChI=1S/C12H13ClN4O/c1-17(2)9-3-4-10(14)11(5-9)18-12-15-6-8(13)7-16-12/h3-7H,14H2,1-2H3. The molecule has 0 bridgehead atoms. The zero-order valence-electron chi connectivity index (χ0n) is 10.1. The SMILES string of the molecule is CN(C)c1ccc(N)c(Oc2ncc(Cl)cn2)c1. The molecule has 0 spiro atoms. The van der Waals surface area contributed by atoms with Crippen LogP contribution >= 0.6 is 11.6 Å². The van der Waals surface area contributed by atoms with Gasteiger partial charge in [-0.3, -0.25) is 0 Å². The molecule has 2 aromatic rings. The third-order valence-electron chi connectivity index (χ3n) is 2.31. The third-order valence-corrected chi connectivity index (χ3v) is 2.51. The number of ether oxygens (including phenoxy) is 1. The fraction of sp³-hybridized carbons (Fsp3) is 0.167. The van der Waals surface area contributed by atoms with E-state index in [1.807, 2.05) is 31.1 Å². The fourth-order valence-corrected chi connectivity index (χ4v) is 1.44. The van der Waals surface area contributed by atoms with E-state index in [0.29, 0.717) is 16.5 Å². The lowest BCUT2D eigenvalue weighted by Gasteiger charge is -2.14. The van der Waals surface area contributed by atoms with Gasteiger partial charge in [-0.05, 0) is 12.1 Å². The van der Waals surface area contributed by atoms with Gasteiger partial charge >= 0.3 is 6.01 Å². The van der Waals surface area contributed by atoms with Crippen LogP contribution < -0.4 is 15.4 Å². The Morgan fingerprint density at radius 3 is 2.50 bits per heavy atom. The molecule has 0 aliphatic carbocycles. The fourth-order valence-electron chi connectivity index (χ4n) is 1.34. The lowest BCUT2D eigenvalue weighted by molar-refractivity contribution is 0.444. The minimum absolute atomic E-state index is 0.210. The second-order valence-corrected chi connectivity index (χ2v) is 4.34. The largest absolute Gasteiger partial charge is 0.422 e. The first-order valence-electron chi connectivity index (χ1n) is 5.28. The van der Waals surface area contributed by atoms with Crippen molar-refractivity contribution >= 4 is 23.0 Å². The summed E-state index contributed by atoms with van der Waals surface area (Å²) in [6.45, 7) is 0. The first-order valence-corrected chi connectivity index (χ1v) is 5.66. The van der Waals surface area contributed by atoms with Gasteiger partial charge in [-0.25, -0.2) is 9.97 Å². The summed E-state index contributed by atoms with van der Waals surface area (Å²) < 4.78 is 5.52. The lowest BCUT2D eigenvalue weighted by atomic mass is 10.2. The Labute approximate surface area is 110 Å². The van der Waals surface area contributed by atoms with Gasteiger partial charge in [-0.2, -0.15) is 0 Å². The number of hydrogen-bond donors (Lipinski definition) is 1. The molecular weight excluding hydrogens is 252 g/mol. The van der Waals surface area contributed by atoms with Gasteiger partial charge in [0.1, 0.15) is 0 Å². The molecule has 0 aliphatic heterocycles. The summed E-state index contributed by atoms with van der Waals surface area (Å²) in [6.07, 6.45) is 2.94. The number of anilines is 2. The maximum atomic E-state index is 5.84. The molecule has 0 radical (unpaired) electrons. The van der Waals surface area contributed by atoms with E-state index in [-0.39, 0.29) is 6.01 Å². The molecule has 1 aromatic carbocycles. The summed E-state index contributed by atoms with van der Waals surface area (Å²) in [5, 5.41) is 0.456. The van der Waals surface area contributed by atoms with E-state index in [2.05, 4.69) is 9.97 Å². The van der Waals surface area contributed by atoms with E-state index >= 15 is 0 Å². The highest BCUT2D eigenvalue weighted by Gasteiger charge is 2.07. The van der Waals surface area contributed by atoms with Crippen molar-refractivity contribution in [1.29, 1.82) is 0 Å². The smallest absolute Gasteiger partial charge is 0.322 e. The molecule has 94 valence electrons. The van der Waals surface area contributed by atoms with Gasteiger partial charge in [0.05, 0.1) is 23.1 Å². The number of nitrogen functional groups attached to an aromatic ring is 1. The molecule has 0 saturated heterocycles. The molecule has 0 unspecified atom stereocenters. The number of halogens is 1. The second kappa shape index (κ2) is 5.10. The van der Waals surface area contributed by atoms with Gasteiger partial charge < -0.3 is 15.4 Å². The lowest BCUT2D eigenvalue weighted by Crippen LogP contribution is -2.09. The van der Waals surface area contributed by atoms with Crippen molar-refractivity contribution in [3.8, 4) is 11.8 Å². The molecular formula is C12H13ClN4O. The summed E-state index contributed by atoms with van der Waals surface area (Å²) in [6, 6.07) is 5.72. The van der Waals surface area contributed by atoms with E-state index in [4.69, 9.17) is 22.1 Å². The topological polar surface area (TPSA) is 64.3 Å². The number of nitrogens with zero attached hydrogens (tertiary/aromatic N) is 3. The predicted octanol–water partition coefficient (Wildman–Crippen LogP) is 2.57. The van der Waals surface area contributed by atoms with E-state index in [0.717, 1.165) is 5.69 Å². The number of hydrogen-bond acceptors (Lipinski definition) is 5. The Hall–Kier alpha value is -2.01. The van der Waals surface area contributed by atoms with Crippen LogP contribution in [0.5, 0.6) is 11.8 Å². The maximum Gasteiger partial charge on any atom is 0.322 e. The average molecular weight is 265 g/mol. The van der Waals surface area contributed by atoms with Crippen molar-refractivity contribution in [2.45, 2.75) is 0 Å². The predicted molar refractivity (Wildman–Crippen MR) is 72.3 cm³/mol. The molecule has 0 atom stereocenters. The average Bonchev–Trinajstić information content (AvgIpc) is 2.34. The van der Waals surface area contributed by atoms with E-state index in [1.165, 1.54) is 12.4 Å². The number of nitrogens with two attached hydrogens (primary N) is 1. The Balaban J connectivity index is 2.27. The summed E-state index contributed by atoms with van der Waals surface area (Å²) in [7, 11) is 3.88. The molecule has 2 rings (SSSR count). The van der Waals surface area contributed by atoms with Crippen LogP contribution in [0, 0.1) is 0 Å². The van der Waals surface area contributed by atoms with Crippen molar-refractivity contribution in [1.82, 2.24) is 9.97 Å². The number of rotatable bonds is 3. The molecule has 0 aliphatic rings. The second-order valence-electron chi connectivity index (χ2n) is 3.90. The molecule has 1 aromatic heterocycles. The highest BCUT2D eigenvalue weighted by atomic mass is 35.5. The highest BCUT2D eigenvalue weighted by molar-refractivity contribution is 6.30. The Morgan fingerprint density at radius 2 is 1.89 bits per heavy atom. The summed E-state index contributed by atoms with van der Waals surface area (Å²) in [4.78, 5) is 9.86. The van der Waals surface area contributed by atoms with Crippen LogP contribution in [-0.4, -0.2) is 24.1 Å². The first-order chi connectivity index (χ1) is 8.56. The quantitative estimate of drug-likeness (QED) is 0.863. The zero-order valence-corrected chi connectivity index (χ0v) is 10.8. The van der Waals surface area contributed by atoms with Crippen LogP contribution in [0.1, 0.15) is 0 Å². The molecule has 1 heterocycles. The molecule has 0 fully saturated rings. The molecule has 6 heteroatoms. The van der Waals surface area contributed by atoms with E-state index < -0.39 is 0 Å². The van der Waals surface area contributed by atoms with Crippen molar-refractivity contribution in [3.05, 3.63) is 35.6 Å². The van der Waals surface area contributed by atoms with Crippen LogP contribution in [-0.2, 0) is 0 Å². The van der Waals surface area contributed by atoms with Gasteiger partial charge in [-0.15, -0.1) is 0 Å². The highest BCUT2D eigenvalue weighted by Crippen LogP contribution is 2.29.